The van der Waals surface area contributed by atoms with E-state index >= 15 is 0 Å². The van der Waals surface area contributed by atoms with Gasteiger partial charge in [-0.3, -0.25) is 4.79 Å². The maximum absolute atomic E-state index is 10.9. The number of carbonyl (C=O) groups excluding carboxylic acids is 1. The molecule has 0 saturated carbocycles. The minimum atomic E-state index is -0.328. The van der Waals surface area contributed by atoms with Crippen LogP contribution >= 0.6 is 0 Å². The van der Waals surface area contributed by atoms with Gasteiger partial charge >= 0.3 is 0 Å². The first-order valence-corrected chi connectivity index (χ1v) is 6.32. The van der Waals surface area contributed by atoms with Crippen LogP contribution in [-0.4, -0.2) is 15.9 Å². The van der Waals surface area contributed by atoms with Crippen molar-refractivity contribution in [3.63, 3.8) is 0 Å². The second kappa shape index (κ2) is 5.09. The lowest BCUT2D eigenvalue weighted by atomic mass is 10.1. The molecule has 0 fully saturated rings. The Balaban J connectivity index is 1.96. The van der Waals surface area contributed by atoms with Crippen molar-refractivity contribution in [2.45, 2.75) is 6.42 Å². The van der Waals surface area contributed by atoms with Gasteiger partial charge in [-0.15, -0.1) is 0 Å². The number of aromatic nitrogens is 2. The number of primary amides is 1. The van der Waals surface area contributed by atoms with Crippen LogP contribution in [0, 0.1) is 0 Å². The Bertz CT molecular complexity index is 766. The summed E-state index contributed by atoms with van der Waals surface area (Å²) in [6.07, 6.45) is 1.99. The van der Waals surface area contributed by atoms with Crippen molar-refractivity contribution in [3.8, 4) is 11.3 Å². The molecule has 98 valence electrons. The van der Waals surface area contributed by atoms with Gasteiger partial charge in [0.15, 0.2) is 5.65 Å². The van der Waals surface area contributed by atoms with Gasteiger partial charge in [-0.1, -0.05) is 24.3 Å². The van der Waals surface area contributed by atoms with Crippen LogP contribution in [0.2, 0.25) is 0 Å². The number of benzene rings is 1. The third-order valence-electron chi connectivity index (χ3n) is 3.09. The molecule has 0 aliphatic heterocycles. The summed E-state index contributed by atoms with van der Waals surface area (Å²) in [6.45, 7) is 0. The standard InChI is InChI=1S/C16H13N3O/c17-15(20)10-11-3-5-12(6-4-11)14-8-7-13-2-1-9-18-16(13)19-14/h1-9H,10H2,(H2,17,20). The lowest BCUT2D eigenvalue weighted by Crippen LogP contribution is -2.13. The average molecular weight is 263 g/mol. The number of carbonyl (C=O) groups is 1. The van der Waals surface area contributed by atoms with Gasteiger partial charge in [-0.25, -0.2) is 9.97 Å². The van der Waals surface area contributed by atoms with Gasteiger partial charge in [-0.05, 0) is 29.8 Å². The van der Waals surface area contributed by atoms with Gasteiger partial charge in [-0.2, -0.15) is 0 Å². The number of fused-ring (bicyclic) bond motifs is 1. The van der Waals surface area contributed by atoms with Crippen LogP contribution in [0.25, 0.3) is 22.3 Å². The Morgan fingerprint density at radius 2 is 1.85 bits per heavy atom. The van der Waals surface area contributed by atoms with E-state index in [0.717, 1.165) is 27.9 Å². The van der Waals surface area contributed by atoms with Crippen LogP contribution in [0.1, 0.15) is 5.56 Å². The highest BCUT2D eigenvalue weighted by Crippen LogP contribution is 2.20. The first-order chi connectivity index (χ1) is 9.72. The van der Waals surface area contributed by atoms with Crippen LogP contribution in [0.3, 0.4) is 0 Å². The van der Waals surface area contributed by atoms with E-state index in [1.807, 2.05) is 48.5 Å². The van der Waals surface area contributed by atoms with Gasteiger partial charge in [0.25, 0.3) is 0 Å². The number of pyridine rings is 2. The number of nitrogens with zero attached hydrogens (tertiary/aromatic N) is 2. The van der Waals surface area contributed by atoms with Crippen molar-refractivity contribution < 1.29 is 4.79 Å². The summed E-state index contributed by atoms with van der Waals surface area (Å²) in [5.41, 5.74) is 8.66. The maximum atomic E-state index is 10.9. The normalized spacial score (nSPS) is 10.6. The molecule has 1 aromatic carbocycles. The van der Waals surface area contributed by atoms with Gasteiger partial charge in [0.2, 0.25) is 5.91 Å². The Hall–Kier alpha value is -2.75. The van der Waals surface area contributed by atoms with Crippen molar-refractivity contribution in [3.05, 3.63) is 60.3 Å². The van der Waals surface area contributed by atoms with Crippen LogP contribution < -0.4 is 5.73 Å². The topological polar surface area (TPSA) is 68.9 Å². The lowest BCUT2D eigenvalue weighted by Gasteiger charge is -2.04. The molecule has 20 heavy (non-hydrogen) atoms. The largest absolute Gasteiger partial charge is 0.369 e. The average Bonchev–Trinajstić information content (AvgIpc) is 2.47. The molecule has 0 atom stereocenters. The maximum Gasteiger partial charge on any atom is 0.221 e. The Labute approximate surface area is 116 Å². The molecule has 0 radical (unpaired) electrons. The molecule has 0 aliphatic rings. The SMILES string of the molecule is NC(=O)Cc1ccc(-c2ccc3cccnc3n2)cc1. The molecular weight excluding hydrogens is 250 g/mol. The summed E-state index contributed by atoms with van der Waals surface area (Å²) in [5, 5.41) is 1.02. The fourth-order valence-electron chi connectivity index (χ4n) is 2.11. The summed E-state index contributed by atoms with van der Waals surface area (Å²) in [7, 11) is 0. The number of nitrogens with two attached hydrogens (primary N) is 1. The second-order valence-electron chi connectivity index (χ2n) is 4.59. The lowest BCUT2D eigenvalue weighted by molar-refractivity contribution is -0.117. The van der Waals surface area contributed by atoms with Crippen LogP contribution in [0.4, 0.5) is 0 Å². The van der Waals surface area contributed by atoms with Crippen LogP contribution in [-0.2, 0) is 11.2 Å². The predicted octanol–water partition coefficient (Wildman–Crippen LogP) is 2.32. The highest BCUT2D eigenvalue weighted by molar-refractivity contribution is 5.79. The van der Waals surface area contributed by atoms with Gasteiger partial charge < -0.3 is 5.73 Å². The summed E-state index contributed by atoms with van der Waals surface area (Å²) in [4.78, 5) is 19.7. The first-order valence-electron chi connectivity index (χ1n) is 6.32. The highest BCUT2D eigenvalue weighted by atomic mass is 16.1. The molecule has 0 unspecified atom stereocenters. The molecule has 4 heteroatoms. The van der Waals surface area contributed by atoms with E-state index < -0.39 is 0 Å². The first kappa shape index (κ1) is 12.3. The molecule has 1 amide bonds. The monoisotopic (exact) mass is 263 g/mol. The van der Waals surface area contributed by atoms with Crippen molar-refractivity contribution in [1.82, 2.24) is 9.97 Å². The molecule has 0 bridgehead atoms. The number of amides is 1. The van der Waals surface area contributed by atoms with Crippen LogP contribution in [0.15, 0.2) is 54.7 Å². The molecule has 2 aromatic heterocycles. The molecule has 0 spiro atoms. The third kappa shape index (κ3) is 2.49. The number of hydrogen-bond acceptors (Lipinski definition) is 3. The highest BCUT2D eigenvalue weighted by Gasteiger charge is 2.03. The molecule has 0 aliphatic carbocycles. The third-order valence-corrected chi connectivity index (χ3v) is 3.09. The summed E-state index contributed by atoms with van der Waals surface area (Å²) in [6, 6.07) is 15.5. The Morgan fingerprint density at radius 1 is 1.05 bits per heavy atom. The Morgan fingerprint density at radius 3 is 2.60 bits per heavy atom. The van der Waals surface area contributed by atoms with E-state index in [2.05, 4.69) is 9.97 Å². The second-order valence-corrected chi connectivity index (χ2v) is 4.59. The minimum absolute atomic E-state index is 0.257. The van der Waals surface area contributed by atoms with E-state index in [9.17, 15) is 4.79 Å². The zero-order valence-electron chi connectivity index (χ0n) is 10.8. The van der Waals surface area contributed by atoms with Crippen molar-refractivity contribution in [1.29, 1.82) is 0 Å². The molecular formula is C16H13N3O. The summed E-state index contributed by atoms with van der Waals surface area (Å²) >= 11 is 0. The summed E-state index contributed by atoms with van der Waals surface area (Å²) < 4.78 is 0. The van der Waals surface area contributed by atoms with Crippen molar-refractivity contribution >= 4 is 16.9 Å². The number of rotatable bonds is 3. The fraction of sp³-hybridized carbons (Fsp3) is 0.0625. The molecule has 4 nitrogen and oxygen atoms in total. The Kier molecular flexibility index (Phi) is 3.13. The van der Waals surface area contributed by atoms with E-state index in [1.54, 1.807) is 6.20 Å². The predicted molar refractivity (Wildman–Crippen MR) is 77.9 cm³/mol. The zero-order valence-corrected chi connectivity index (χ0v) is 10.8. The van der Waals surface area contributed by atoms with Crippen molar-refractivity contribution in [2.24, 2.45) is 5.73 Å². The van der Waals surface area contributed by atoms with E-state index in [-0.39, 0.29) is 12.3 Å². The minimum Gasteiger partial charge on any atom is -0.369 e. The molecule has 3 rings (SSSR count). The smallest absolute Gasteiger partial charge is 0.221 e. The summed E-state index contributed by atoms with van der Waals surface area (Å²) in [5.74, 6) is -0.328. The van der Waals surface area contributed by atoms with Gasteiger partial charge in [0, 0.05) is 17.1 Å². The van der Waals surface area contributed by atoms with E-state index in [4.69, 9.17) is 5.73 Å². The molecule has 2 heterocycles. The number of hydrogen-bond donors (Lipinski definition) is 1. The molecule has 3 aromatic rings. The zero-order chi connectivity index (χ0) is 13.9. The quantitative estimate of drug-likeness (QED) is 0.788. The van der Waals surface area contributed by atoms with Crippen LogP contribution in [0.5, 0.6) is 0 Å². The van der Waals surface area contributed by atoms with E-state index in [0.29, 0.717) is 0 Å². The van der Waals surface area contributed by atoms with E-state index in [1.165, 1.54) is 0 Å². The van der Waals surface area contributed by atoms with Crippen molar-refractivity contribution in [2.75, 3.05) is 0 Å². The molecule has 2 N–H and O–H groups in total. The van der Waals surface area contributed by atoms with Gasteiger partial charge in [0.1, 0.15) is 0 Å². The van der Waals surface area contributed by atoms with Gasteiger partial charge in [0.05, 0.1) is 12.1 Å². The molecule has 0 saturated heterocycles. The fourth-order valence-corrected chi connectivity index (χ4v) is 2.11.